The van der Waals surface area contributed by atoms with Gasteiger partial charge in [0.05, 0.1) is 6.61 Å². The van der Waals surface area contributed by atoms with E-state index >= 15 is 0 Å². The SMILES string of the molecule is CC[C@@H]1COc2cc3c(cc2O1)C1(CCC(Nc2cccc(Cl)c2)(C(=O)O)CC1)[C@@H](C[C@@H](C)COc1ccnc2c1[C@H](C)CCC2)C3. The molecular formula is C39H47ClN2O5. The number of anilines is 1. The zero-order chi connectivity index (χ0) is 32.8. The predicted octanol–water partition coefficient (Wildman–Crippen LogP) is 8.75. The molecule has 0 radical (unpaired) electrons. The Morgan fingerprint density at radius 1 is 1.17 bits per heavy atom. The van der Waals surface area contributed by atoms with Crippen LogP contribution in [0.15, 0.2) is 48.7 Å². The number of halogens is 1. The first kappa shape index (κ1) is 32.1. The van der Waals surface area contributed by atoms with Crippen molar-refractivity contribution in [3.8, 4) is 17.2 Å². The van der Waals surface area contributed by atoms with Gasteiger partial charge in [-0.25, -0.2) is 4.79 Å². The number of nitrogens with zero attached hydrogens (tertiary/aromatic N) is 1. The molecule has 0 unspecified atom stereocenters. The van der Waals surface area contributed by atoms with E-state index in [-0.39, 0.29) is 11.5 Å². The average molecular weight is 659 g/mol. The molecule has 250 valence electrons. The lowest BCUT2D eigenvalue weighted by Crippen LogP contribution is -2.53. The van der Waals surface area contributed by atoms with Crippen molar-refractivity contribution in [3.05, 3.63) is 76.1 Å². The number of hydrogen-bond acceptors (Lipinski definition) is 6. The number of nitrogens with one attached hydrogen (secondary N) is 1. The Labute approximate surface area is 283 Å². The van der Waals surface area contributed by atoms with Crippen molar-refractivity contribution >= 4 is 23.3 Å². The predicted molar refractivity (Wildman–Crippen MR) is 184 cm³/mol. The fraction of sp³-hybridized carbons (Fsp3) is 0.538. The molecule has 2 N–H and O–H groups in total. The van der Waals surface area contributed by atoms with E-state index in [4.69, 9.17) is 25.8 Å². The molecule has 1 saturated carbocycles. The first-order valence-corrected chi connectivity index (χ1v) is 17.9. The fourth-order valence-corrected chi connectivity index (χ4v) is 9.11. The van der Waals surface area contributed by atoms with Crippen LogP contribution in [0.3, 0.4) is 0 Å². The molecule has 1 fully saturated rings. The summed E-state index contributed by atoms with van der Waals surface area (Å²) in [6, 6.07) is 13.8. The van der Waals surface area contributed by atoms with Gasteiger partial charge < -0.3 is 24.6 Å². The van der Waals surface area contributed by atoms with Crippen LogP contribution < -0.4 is 19.5 Å². The molecule has 2 aromatic carbocycles. The van der Waals surface area contributed by atoms with Crippen LogP contribution in [0.4, 0.5) is 5.69 Å². The number of aliphatic carboxylic acids is 1. The third-order valence-corrected chi connectivity index (χ3v) is 11.8. The standard InChI is InChI=1S/C39H47ClN2O5/c1-4-30-23-46-34-19-26-18-27(17-24(2)22-45-33-11-16-41-32-10-5-7-25(3)36(32)33)38(31(26)21-35(34)47-30)12-14-39(15-13-38,37(43)44)42-29-9-6-8-28(40)20-29/h6,8-9,11,16,19-21,24-25,27,30,42H,4-5,7,10,12-15,17-18,22-23H2,1-3H3,(H,43,44)/t24-,25-,27+,30-,38?,39?/m1/s1. The summed E-state index contributed by atoms with van der Waals surface area (Å²) in [6.45, 7) is 7.91. The minimum atomic E-state index is -1.06. The number of benzene rings is 2. The molecular weight excluding hydrogens is 612 g/mol. The van der Waals surface area contributed by atoms with Crippen molar-refractivity contribution in [1.82, 2.24) is 4.98 Å². The van der Waals surface area contributed by atoms with Gasteiger partial charge in [-0.3, -0.25) is 4.98 Å². The lowest BCUT2D eigenvalue weighted by atomic mass is 9.59. The van der Waals surface area contributed by atoms with E-state index in [1.165, 1.54) is 35.2 Å². The van der Waals surface area contributed by atoms with Gasteiger partial charge in [-0.1, -0.05) is 38.4 Å². The third kappa shape index (κ3) is 6.05. The smallest absolute Gasteiger partial charge is 0.329 e. The van der Waals surface area contributed by atoms with Crippen LogP contribution in [0.1, 0.15) is 100 Å². The minimum Gasteiger partial charge on any atom is -0.493 e. The van der Waals surface area contributed by atoms with E-state index in [9.17, 15) is 9.90 Å². The van der Waals surface area contributed by atoms with Crippen molar-refractivity contribution in [3.63, 3.8) is 0 Å². The molecule has 1 aliphatic heterocycles. The number of hydrogen-bond donors (Lipinski definition) is 2. The van der Waals surface area contributed by atoms with Crippen molar-refractivity contribution < 1.29 is 24.1 Å². The Morgan fingerprint density at radius 3 is 2.77 bits per heavy atom. The molecule has 7 nitrogen and oxygen atoms in total. The maximum absolute atomic E-state index is 12.9. The average Bonchev–Trinajstić information content (AvgIpc) is 3.34. The molecule has 1 aromatic heterocycles. The van der Waals surface area contributed by atoms with Crippen LogP contribution in [0.5, 0.6) is 17.2 Å². The van der Waals surface area contributed by atoms with E-state index in [0.717, 1.165) is 61.5 Å². The summed E-state index contributed by atoms with van der Waals surface area (Å²) < 4.78 is 19.1. The fourth-order valence-electron chi connectivity index (χ4n) is 8.92. The number of carbonyl (C=O) groups is 1. The normalized spacial score (nSPS) is 28.3. The monoisotopic (exact) mass is 658 g/mol. The zero-order valence-electron chi connectivity index (χ0n) is 27.8. The number of carboxylic acid groups (broad SMARTS) is 1. The van der Waals surface area contributed by atoms with Gasteiger partial charge in [-0.2, -0.15) is 0 Å². The Hall–Kier alpha value is -3.45. The maximum Gasteiger partial charge on any atom is 0.329 e. The maximum atomic E-state index is 12.9. The van der Waals surface area contributed by atoms with E-state index in [1.807, 2.05) is 24.4 Å². The second-order valence-electron chi connectivity index (χ2n) is 14.6. The van der Waals surface area contributed by atoms with Crippen LogP contribution >= 0.6 is 11.6 Å². The van der Waals surface area contributed by atoms with Gasteiger partial charge in [0, 0.05) is 28.2 Å². The molecule has 0 amide bonds. The number of carboxylic acids is 1. The number of aryl methyl sites for hydroxylation is 1. The highest BCUT2D eigenvalue weighted by Crippen LogP contribution is 2.58. The summed E-state index contributed by atoms with van der Waals surface area (Å²) in [7, 11) is 0. The molecule has 0 bridgehead atoms. The Morgan fingerprint density at radius 2 is 2.00 bits per heavy atom. The first-order chi connectivity index (χ1) is 22.7. The number of fused-ring (bicyclic) bond motifs is 4. The summed E-state index contributed by atoms with van der Waals surface area (Å²) in [5, 5.41) is 14.6. The highest BCUT2D eigenvalue weighted by atomic mass is 35.5. The molecule has 8 heteroatoms. The summed E-state index contributed by atoms with van der Waals surface area (Å²) >= 11 is 6.27. The molecule has 3 aliphatic carbocycles. The molecule has 4 atom stereocenters. The van der Waals surface area contributed by atoms with Gasteiger partial charge in [-0.15, -0.1) is 0 Å². The lowest BCUT2D eigenvalue weighted by Gasteiger charge is -2.47. The summed E-state index contributed by atoms with van der Waals surface area (Å²) in [5.41, 5.74) is 4.63. The van der Waals surface area contributed by atoms with Gasteiger partial charge in [0.2, 0.25) is 0 Å². The number of aromatic nitrogens is 1. The van der Waals surface area contributed by atoms with Crippen molar-refractivity contribution in [2.45, 2.75) is 108 Å². The van der Waals surface area contributed by atoms with Crippen LogP contribution in [0.2, 0.25) is 5.02 Å². The topological polar surface area (TPSA) is 89.9 Å². The van der Waals surface area contributed by atoms with E-state index in [0.29, 0.717) is 48.8 Å². The number of rotatable bonds is 9. The number of ether oxygens (including phenoxy) is 3. The van der Waals surface area contributed by atoms with Crippen molar-refractivity contribution in [2.24, 2.45) is 11.8 Å². The Kier molecular flexibility index (Phi) is 8.79. The summed E-state index contributed by atoms with van der Waals surface area (Å²) in [6.07, 6.45) is 10.7. The molecule has 47 heavy (non-hydrogen) atoms. The van der Waals surface area contributed by atoms with E-state index < -0.39 is 11.5 Å². The van der Waals surface area contributed by atoms with Crippen LogP contribution in [-0.2, 0) is 23.1 Å². The largest absolute Gasteiger partial charge is 0.493 e. The molecule has 4 aliphatic rings. The van der Waals surface area contributed by atoms with Gasteiger partial charge in [0.15, 0.2) is 11.5 Å². The second-order valence-corrected chi connectivity index (χ2v) is 15.0. The summed E-state index contributed by atoms with van der Waals surface area (Å²) in [5.74, 6) is 2.96. The molecule has 7 rings (SSSR count). The van der Waals surface area contributed by atoms with Gasteiger partial charge in [0.1, 0.15) is 24.0 Å². The summed E-state index contributed by atoms with van der Waals surface area (Å²) in [4.78, 5) is 17.6. The van der Waals surface area contributed by atoms with Gasteiger partial charge >= 0.3 is 5.97 Å². The van der Waals surface area contributed by atoms with Gasteiger partial charge in [0.25, 0.3) is 0 Å². The van der Waals surface area contributed by atoms with Crippen LogP contribution in [0.25, 0.3) is 0 Å². The Balaban J connectivity index is 1.15. The van der Waals surface area contributed by atoms with Gasteiger partial charge in [-0.05, 0) is 135 Å². The van der Waals surface area contributed by atoms with Crippen LogP contribution in [0, 0.1) is 11.8 Å². The van der Waals surface area contributed by atoms with Crippen molar-refractivity contribution in [2.75, 3.05) is 18.5 Å². The Bertz CT molecular complexity index is 1630. The highest BCUT2D eigenvalue weighted by molar-refractivity contribution is 6.30. The molecule has 0 saturated heterocycles. The first-order valence-electron chi connectivity index (χ1n) is 17.5. The van der Waals surface area contributed by atoms with E-state index in [2.05, 4.69) is 43.2 Å². The molecule has 1 spiro atoms. The number of pyridine rings is 1. The van der Waals surface area contributed by atoms with Crippen LogP contribution in [-0.4, -0.2) is 40.9 Å². The highest BCUT2D eigenvalue weighted by Gasteiger charge is 2.54. The quantitative estimate of drug-likeness (QED) is 0.238. The molecule has 2 heterocycles. The lowest BCUT2D eigenvalue weighted by molar-refractivity contribution is -0.144. The van der Waals surface area contributed by atoms with E-state index in [1.54, 1.807) is 12.1 Å². The van der Waals surface area contributed by atoms with Crippen molar-refractivity contribution in [1.29, 1.82) is 0 Å². The third-order valence-electron chi connectivity index (χ3n) is 11.5. The minimum absolute atomic E-state index is 0.0421. The second kappa shape index (κ2) is 12.9. The molecule has 3 aromatic rings. The zero-order valence-corrected chi connectivity index (χ0v) is 28.6.